The topological polar surface area (TPSA) is 126 Å². The smallest absolute Gasteiger partial charge is 0.276 e. The summed E-state index contributed by atoms with van der Waals surface area (Å²) in [5, 5.41) is 16.5. The first kappa shape index (κ1) is 18.4. The van der Waals surface area contributed by atoms with E-state index in [1.807, 2.05) is 26.1 Å². The Labute approximate surface area is 161 Å². The molecule has 0 aliphatic carbocycles. The summed E-state index contributed by atoms with van der Waals surface area (Å²) in [6.45, 7) is 3.83. The summed E-state index contributed by atoms with van der Waals surface area (Å²) in [5.41, 5.74) is 2.05. The normalized spacial score (nSPS) is 17.2. The molecule has 4 heterocycles. The summed E-state index contributed by atoms with van der Waals surface area (Å²) < 4.78 is 26.4. The molecular formula is C18H20N6O3S. The van der Waals surface area contributed by atoms with Crippen molar-refractivity contribution in [2.24, 2.45) is 0 Å². The molecule has 0 atom stereocenters. The molecule has 3 aromatic heterocycles. The number of nitrogens with one attached hydrogen (secondary N) is 1. The lowest BCUT2D eigenvalue weighted by atomic mass is 10.00. The Kier molecular flexibility index (Phi) is 4.34. The molecule has 9 nitrogen and oxygen atoms in total. The highest BCUT2D eigenvalue weighted by Gasteiger charge is 2.26. The van der Waals surface area contributed by atoms with Crippen molar-refractivity contribution in [2.45, 2.75) is 38.6 Å². The van der Waals surface area contributed by atoms with Crippen LogP contribution in [0.2, 0.25) is 0 Å². The number of nitriles is 1. The number of fused-ring (bicyclic) bond motifs is 1. The van der Waals surface area contributed by atoms with Gasteiger partial charge in [0.1, 0.15) is 21.5 Å². The molecule has 0 spiro atoms. The number of nitrogens with zero attached hydrogens (tertiary/aromatic N) is 5. The van der Waals surface area contributed by atoms with Gasteiger partial charge >= 0.3 is 0 Å². The molecule has 0 saturated carbocycles. The molecule has 0 aromatic carbocycles. The van der Waals surface area contributed by atoms with Gasteiger partial charge in [0.05, 0.1) is 29.4 Å². The van der Waals surface area contributed by atoms with Gasteiger partial charge in [-0.15, -0.1) is 0 Å². The van der Waals surface area contributed by atoms with Crippen LogP contribution < -0.4 is 5.56 Å². The van der Waals surface area contributed by atoms with E-state index in [2.05, 4.69) is 15.2 Å². The van der Waals surface area contributed by atoms with Crippen LogP contribution in [0.5, 0.6) is 0 Å². The molecule has 3 aromatic rings. The van der Waals surface area contributed by atoms with Crippen molar-refractivity contribution in [2.75, 3.05) is 11.5 Å². The molecule has 1 saturated heterocycles. The monoisotopic (exact) mass is 400 g/mol. The van der Waals surface area contributed by atoms with E-state index in [1.54, 1.807) is 10.9 Å². The van der Waals surface area contributed by atoms with Gasteiger partial charge in [-0.3, -0.25) is 14.6 Å². The fourth-order valence-electron chi connectivity index (χ4n) is 3.65. The third kappa shape index (κ3) is 3.01. The zero-order chi connectivity index (χ0) is 20.1. The van der Waals surface area contributed by atoms with Crippen LogP contribution in [0.4, 0.5) is 0 Å². The van der Waals surface area contributed by atoms with Gasteiger partial charge in [-0.2, -0.15) is 10.4 Å². The number of aromatic amines is 1. The van der Waals surface area contributed by atoms with E-state index in [-0.39, 0.29) is 34.7 Å². The predicted molar refractivity (Wildman–Crippen MR) is 103 cm³/mol. The van der Waals surface area contributed by atoms with Gasteiger partial charge in [0.2, 0.25) is 0 Å². The van der Waals surface area contributed by atoms with Crippen molar-refractivity contribution in [1.82, 2.24) is 24.4 Å². The minimum atomic E-state index is -2.95. The quantitative estimate of drug-likeness (QED) is 0.712. The number of hydrogen-bond acceptors (Lipinski definition) is 6. The number of H-pyrrole nitrogens is 1. The minimum absolute atomic E-state index is 0.00605. The number of aromatic nitrogens is 5. The maximum absolute atomic E-state index is 13.0. The first-order chi connectivity index (χ1) is 13.3. The fourth-order valence-corrected chi connectivity index (χ4v) is 5.12. The molecule has 0 radical (unpaired) electrons. The third-order valence-corrected chi connectivity index (χ3v) is 6.88. The van der Waals surface area contributed by atoms with Gasteiger partial charge < -0.3 is 0 Å². The molecule has 0 bridgehead atoms. The zero-order valence-electron chi connectivity index (χ0n) is 15.6. The molecule has 146 valence electrons. The van der Waals surface area contributed by atoms with Crippen LogP contribution in [0.25, 0.3) is 16.9 Å². The van der Waals surface area contributed by atoms with Gasteiger partial charge in [0.25, 0.3) is 5.56 Å². The van der Waals surface area contributed by atoms with Crippen molar-refractivity contribution >= 4 is 15.5 Å². The highest BCUT2D eigenvalue weighted by molar-refractivity contribution is 7.91. The Morgan fingerprint density at radius 1 is 1.32 bits per heavy atom. The Morgan fingerprint density at radius 3 is 2.68 bits per heavy atom. The third-order valence-electron chi connectivity index (χ3n) is 5.17. The lowest BCUT2D eigenvalue weighted by Crippen LogP contribution is -2.25. The van der Waals surface area contributed by atoms with Crippen molar-refractivity contribution in [1.29, 1.82) is 5.26 Å². The van der Waals surface area contributed by atoms with Crippen LogP contribution in [0.15, 0.2) is 23.4 Å². The SMILES string of the molecule is CC(C)c1c(-c2cnn(C3CCS(=O)(=O)CC3)c2)nc2c(C#N)c[nH]n2c1=O. The summed E-state index contributed by atoms with van der Waals surface area (Å²) in [6.07, 6.45) is 5.96. The van der Waals surface area contributed by atoms with Crippen LogP contribution in [0, 0.1) is 11.3 Å². The average Bonchev–Trinajstić information content (AvgIpc) is 3.28. The standard InChI is InChI=1S/C18H20N6O3S/c1-11(2)15-16(22-17-12(7-19)8-21-24(17)18(15)25)13-9-20-23(10-13)14-3-5-28(26,27)6-4-14/h8-11,14,21H,3-6H2,1-2H3. The molecule has 4 rings (SSSR count). The number of sulfone groups is 1. The second kappa shape index (κ2) is 6.60. The predicted octanol–water partition coefficient (Wildman–Crippen LogP) is 1.63. The summed E-state index contributed by atoms with van der Waals surface area (Å²) in [6, 6.07) is 2.04. The van der Waals surface area contributed by atoms with Crippen LogP contribution in [0.1, 0.15) is 49.8 Å². The van der Waals surface area contributed by atoms with Crippen LogP contribution in [-0.2, 0) is 9.84 Å². The van der Waals surface area contributed by atoms with E-state index in [4.69, 9.17) is 0 Å². The molecular weight excluding hydrogens is 380 g/mol. The Morgan fingerprint density at radius 2 is 2.04 bits per heavy atom. The molecule has 1 fully saturated rings. The second-order valence-electron chi connectivity index (χ2n) is 7.38. The summed E-state index contributed by atoms with van der Waals surface area (Å²) in [4.78, 5) is 17.6. The molecule has 10 heteroatoms. The summed E-state index contributed by atoms with van der Waals surface area (Å²) in [5.74, 6) is 0.235. The van der Waals surface area contributed by atoms with Crippen molar-refractivity contribution < 1.29 is 8.42 Å². The van der Waals surface area contributed by atoms with E-state index >= 15 is 0 Å². The first-order valence-electron chi connectivity index (χ1n) is 9.10. The van der Waals surface area contributed by atoms with Gasteiger partial charge in [-0.25, -0.2) is 17.9 Å². The lowest BCUT2D eigenvalue weighted by molar-refractivity contribution is 0.413. The van der Waals surface area contributed by atoms with Crippen molar-refractivity contribution in [3.63, 3.8) is 0 Å². The molecule has 1 aliphatic heterocycles. The van der Waals surface area contributed by atoms with Gasteiger partial charge in [0.15, 0.2) is 5.65 Å². The highest BCUT2D eigenvalue weighted by atomic mass is 32.2. The number of hydrogen-bond donors (Lipinski definition) is 1. The van der Waals surface area contributed by atoms with Gasteiger partial charge in [0, 0.05) is 23.5 Å². The van der Waals surface area contributed by atoms with Crippen LogP contribution in [0.3, 0.4) is 0 Å². The minimum Gasteiger partial charge on any atom is -0.295 e. The largest absolute Gasteiger partial charge is 0.295 e. The van der Waals surface area contributed by atoms with E-state index in [0.29, 0.717) is 35.2 Å². The Balaban J connectivity index is 1.81. The Bertz CT molecular complexity index is 1240. The zero-order valence-corrected chi connectivity index (χ0v) is 16.4. The maximum atomic E-state index is 13.0. The molecule has 28 heavy (non-hydrogen) atoms. The van der Waals surface area contributed by atoms with Gasteiger partial charge in [-0.1, -0.05) is 13.8 Å². The van der Waals surface area contributed by atoms with E-state index < -0.39 is 9.84 Å². The average molecular weight is 400 g/mol. The Hall–Kier alpha value is -2.93. The number of rotatable bonds is 3. The summed E-state index contributed by atoms with van der Waals surface area (Å²) >= 11 is 0. The van der Waals surface area contributed by atoms with Crippen molar-refractivity contribution in [3.05, 3.63) is 40.1 Å². The molecule has 0 unspecified atom stereocenters. The molecule has 1 N–H and O–H groups in total. The maximum Gasteiger partial charge on any atom is 0.276 e. The van der Waals surface area contributed by atoms with E-state index in [1.165, 1.54) is 10.7 Å². The molecule has 1 aliphatic rings. The highest BCUT2D eigenvalue weighted by Crippen LogP contribution is 2.29. The van der Waals surface area contributed by atoms with E-state index in [9.17, 15) is 18.5 Å². The van der Waals surface area contributed by atoms with Gasteiger partial charge in [-0.05, 0) is 18.8 Å². The first-order valence-corrected chi connectivity index (χ1v) is 10.9. The lowest BCUT2D eigenvalue weighted by Gasteiger charge is -2.22. The van der Waals surface area contributed by atoms with Crippen molar-refractivity contribution in [3.8, 4) is 17.3 Å². The van der Waals surface area contributed by atoms with Crippen LogP contribution in [-0.4, -0.2) is 44.3 Å². The fraction of sp³-hybridized carbons (Fsp3) is 0.444. The molecule has 0 amide bonds. The van der Waals surface area contributed by atoms with E-state index in [0.717, 1.165) is 0 Å². The summed E-state index contributed by atoms with van der Waals surface area (Å²) in [7, 11) is -2.95. The van der Waals surface area contributed by atoms with Crippen LogP contribution >= 0.6 is 0 Å². The second-order valence-corrected chi connectivity index (χ2v) is 9.69.